The number of aliphatic hydroxyl groups is 1. The topological polar surface area (TPSA) is 64.4 Å². The number of hydrogen-bond acceptors (Lipinski definition) is 3. The number of aliphatic hydroxyl groups excluding tert-OH is 1. The highest BCUT2D eigenvalue weighted by Gasteiger charge is 2.24. The normalized spacial score (nSPS) is 16.5. The molecule has 76 valence electrons. The zero-order valence-electron chi connectivity index (χ0n) is 7.97. The lowest BCUT2D eigenvalue weighted by molar-refractivity contribution is -0.117. The maximum absolute atomic E-state index is 11.6. The zero-order valence-corrected chi connectivity index (χ0v) is 7.97. The van der Waals surface area contributed by atoms with Crippen LogP contribution in [0.25, 0.3) is 0 Å². The zero-order chi connectivity index (χ0) is 10.8. The van der Waals surface area contributed by atoms with Gasteiger partial charge in [-0.2, -0.15) is 0 Å². The molecule has 1 aromatic rings. The van der Waals surface area contributed by atoms with Crippen LogP contribution in [-0.4, -0.2) is 16.8 Å². The van der Waals surface area contributed by atoms with Gasteiger partial charge in [0.15, 0.2) is 0 Å². The van der Waals surface area contributed by atoms with E-state index in [2.05, 4.69) is 0 Å². The first kappa shape index (κ1) is 9.45. The van der Waals surface area contributed by atoms with Gasteiger partial charge < -0.3 is 5.11 Å². The Morgan fingerprint density at radius 2 is 1.93 bits per heavy atom. The van der Waals surface area contributed by atoms with E-state index in [0.717, 1.165) is 0 Å². The van der Waals surface area contributed by atoms with Crippen molar-refractivity contribution < 1.29 is 9.90 Å². The highest BCUT2D eigenvalue weighted by molar-refractivity contribution is 6.22. The number of para-hydroxylation sites is 1. The fourth-order valence-corrected chi connectivity index (χ4v) is 1.50. The Kier molecular flexibility index (Phi) is 2.25. The molecule has 4 nitrogen and oxygen atoms in total. The fourth-order valence-electron chi connectivity index (χ4n) is 1.50. The summed E-state index contributed by atoms with van der Waals surface area (Å²) in [5, 5.41) is 16.8. The maximum Gasteiger partial charge on any atom is 0.240 e. The maximum atomic E-state index is 11.6. The highest BCUT2D eigenvalue weighted by atomic mass is 16.3. The minimum Gasteiger partial charge on any atom is -0.512 e. The average Bonchev–Trinajstić information content (AvgIpc) is 2.17. The number of benzene rings is 1. The van der Waals surface area contributed by atoms with Crippen LogP contribution in [0.2, 0.25) is 0 Å². The number of carbonyl (C=O) groups excluding carboxylic acids is 1. The van der Waals surface area contributed by atoms with E-state index in [-0.39, 0.29) is 23.9 Å². The van der Waals surface area contributed by atoms with Crippen LogP contribution in [-0.2, 0) is 4.79 Å². The number of amides is 1. The summed E-state index contributed by atoms with van der Waals surface area (Å²) in [5.41, 5.74) is 0.649. The second-order valence-electron chi connectivity index (χ2n) is 3.26. The van der Waals surface area contributed by atoms with Gasteiger partial charge in [0.2, 0.25) is 5.91 Å². The molecule has 2 rings (SSSR count). The largest absolute Gasteiger partial charge is 0.512 e. The molecule has 0 atom stereocenters. The second-order valence-corrected chi connectivity index (χ2v) is 3.26. The predicted octanol–water partition coefficient (Wildman–Crippen LogP) is 1.84. The third-order valence-electron chi connectivity index (χ3n) is 2.14. The molecule has 0 spiro atoms. The summed E-state index contributed by atoms with van der Waals surface area (Å²) in [6.07, 6.45) is 1.24. The Bertz CT molecular complexity index is 437. The van der Waals surface area contributed by atoms with Crippen molar-refractivity contribution in [1.29, 1.82) is 5.41 Å². The molecule has 0 saturated carbocycles. The Balaban J connectivity index is 2.39. The number of hydrogen-bond donors (Lipinski definition) is 2. The second kappa shape index (κ2) is 3.57. The standard InChI is InChI=1S/C11H10N2O2/c12-10-6-9(14)7-11(15)13(10)8-4-2-1-3-5-8/h1-6,12,14H,7H2. The smallest absolute Gasteiger partial charge is 0.240 e. The van der Waals surface area contributed by atoms with Gasteiger partial charge in [-0.15, -0.1) is 0 Å². The van der Waals surface area contributed by atoms with Crippen LogP contribution in [0.1, 0.15) is 6.42 Å². The van der Waals surface area contributed by atoms with E-state index in [1.807, 2.05) is 6.07 Å². The van der Waals surface area contributed by atoms with Crippen molar-refractivity contribution in [1.82, 2.24) is 0 Å². The Labute approximate surface area is 87.0 Å². The van der Waals surface area contributed by atoms with E-state index in [4.69, 9.17) is 5.41 Å². The molecule has 1 aliphatic rings. The quantitative estimate of drug-likeness (QED) is 0.729. The molecular weight excluding hydrogens is 192 g/mol. The van der Waals surface area contributed by atoms with Crippen LogP contribution >= 0.6 is 0 Å². The Morgan fingerprint density at radius 3 is 2.53 bits per heavy atom. The molecule has 1 amide bonds. The summed E-state index contributed by atoms with van der Waals surface area (Å²) in [5.74, 6) is -0.349. The van der Waals surface area contributed by atoms with Gasteiger partial charge in [0.05, 0.1) is 12.1 Å². The van der Waals surface area contributed by atoms with E-state index in [1.54, 1.807) is 24.3 Å². The third-order valence-corrected chi connectivity index (χ3v) is 2.14. The van der Waals surface area contributed by atoms with E-state index < -0.39 is 0 Å². The molecule has 1 aromatic carbocycles. The van der Waals surface area contributed by atoms with Gasteiger partial charge in [-0.1, -0.05) is 18.2 Å². The molecule has 0 aromatic heterocycles. The molecule has 0 radical (unpaired) electrons. The monoisotopic (exact) mass is 202 g/mol. The summed E-state index contributed by atoms with van der Waals surface area (Å²) in [6, 6.07) is 8.95. The van der Waals surface area contributed by atoms with Gasteiger partial charge in [-0.05, 0) is 12.1 Å². The van der Waals surface area contributed by atoms with Crippen LogP contribution in [0.5, 0.6) is 0 Å². The molecular formula is C11H10N2O2. The van der Waals surface area contributed by atoms with Gasteiger partial charge in [0.1, 0.15) is 11.6 Å². The molecule has 0 aliphatic carbocycles. The molecule has 0 bridgehead atoms. The number of anilines is 1. The lowest BCUT2D eigenvalue weighted by atomic mass is 10.1. The minimum atomic E-state index is -0.286. The first-order valence-corrected chi connectivity index (χ1v) is 4.54. The fraction of sp³-hybridized carbons (Fsp3) is 0.0909. The molecule has 1 heterocycles. The van der Waals surface area contributed by atoms with Crippen molar-refractivity contribution >= 4 is 17.4 Å². The molecule has 0 saturated heterocycles. The molecule has 2 N–H and O–H groups in total. The number of nitrogens with zero attached hydrogens (tertiary/aromatic N) is 1. The summed E-state index contributed by atoms with van der Waals surface area (Å²) < 4.78 is 0. The Hall–Kier alpha value is -2.10. The minimum absolute atomic E-state index is 0.00468. The number of amidine groups is 1. The SMILES string of the molecule is N=C1C=C(O)CC(=O)N1c1ccccc1. The first-order chi connectivity index (χ1) is 7.18. The van der Waals surface area contributed by atoms with Crippen LogP contribution in [0.4, 0.5) is 5.69 Å². The average molecular weight is 202 g/mol. The van der Waals surface area contributed by atoms with Gasteiger partial charge >= 0.3 is 0 Å². The van der Waals surface area contributed by atoms with Crippen LogP contribution in [0, 0.1) is 5.41 Å². The third kappa shape index (κ3) is 1.74. The molecule has 4 heteroatoms. The van der Waals surface area contributed by atoms with E-state index in [0.29, 0.717) is 5.69 Å². The van der Waals surface area contributed by atoms with E-state index in [1.165, 1.54) is 11.0 Å². The van der Waals surface area contributed by atoms with Gasteiger partial charge in [-0.3, -0.25) is 15.1 Å². The molecule has 0 unspecified atom stereocenters. The lowest BCUT2D eigenvalue weighted by Gasteiger charge is -2.24. The van der Waals surface area contributed by atoms with E-state index >= 15 is 0 Å². The molecule has 1 aliphatic heterocycles. The predicted molar refractivity (Wildman–Crippen MR) is 57.0 cm³/mol. The van der Waals surface area contributed by atoms with Crippen molar-refractivity contribution in [3.05, 3.63) is 42.2 Å². The van der Waals surface area contributed by atoms with Crippen LogP contribution in [0.15, 0.2) is 42.2 Å². The summed E-state index contributed by atoms with van der Waals surface area (Å²) >= 11 is 0. The lowest BCUT2D eigenvalue weighted by Crippen LogP contribution is -2.38. The summed E-state index contributed by atoms with van der Waals surface area (Å²) in [4.78, 5) is 12.9. The summed E-state index contributed by atoms with van der Waals surface area (Å²) in [6.45, 7) is 0. The number of carbonyl (C=O) groups is 1. The van der Waals surface area contributed by atoms with Gasteiger partial charge in [-0.25, -0.2) is 0 Å². The van der Waals surface area contributed by atoms with Crippen molar-refractivity contribution in [3.63, 3.8) is 0 Å². The summed E-state index contributed by atoms with van der Waals surface area (Å²) in [7, 11) is 0. The van der Waals surface area contributed by atoms with Crippen LogP contribution < -0.4 is 4.90 Å². The van der Waals surface area contributed by atoms with Crippen molar-refractivity contribution in [3.8, 4) is 0 Å². The van der Waals surface area contributed by atoms with Crippen molar-refractivity contribution in [2.24, 2.45) is 0 Å². The highest BCUT2D eigenvalue weighted by Crippen LogP contribution is 2.20. The number of nitrogens with one attached hydrogen (secondary N) is 1. The number of rotatable bonds is 1. The van der Waals surface area contributed by atoms with Crippen molar-refractivity contribution in [2.45, 2.75) is 6.42 Å². The van der Waals surface area contributed by atoms with Gasteiger partial charge in [0.25, 0.3) is 0 Å². The van der Waals surface area contributed by atoms with Gasteiger partial charge in [0, 0.05) is 6.08 Å². The Morgan fingerprint density at radius 1 is 1.27 bits per heavy atom. The molecule has 0 fully saturated rings. The van der Waals surface area contributed by atoms with E-state index in [9.17, 15) is 9.90 Å². The first-order valence-electron chi connectivity index (χ1n) is 4.54. The molecule has 15 heavy (non-hydrogen) atoms. The van der Waals surface area contributed by atoms with Crippen molar-refractivity contribution in [2.75, 3.05) is 4.90 Å². The van der Waals surface area contributed by atoms with Crippen LogP contribution in [0.3, 0.4) is 0 Å².